The summed E-state index contributed by atoms with van der Waals surface area (Å²) in [6.07, 6.45) is 1.48. The average molecular weight is 177 g/mol. The second kappa shape index (κ2) is 7.49. The topological polar surface area (TPSA) is 53.7 Å². The molecule has 0 radical (unpaired) electrons. The Hall–Kier alpha value is -0.160. The molecule has 0 amide bonds. The van der Waals surface area contributed by atoms with Crippen molar-refractivity contribution < 1.29 is 14.2 Å². The van der Waals surface area contributed by atoms with Gasteiger partial charge >= 0.3 is 0 Å². The van der Waals surface area contributed by atoms with Crippen LogP contribution in [0.4, 0.5) is 0 Å². The quantitative estimate of drug-likeness (QED) is 0.450. The van der Waals surface area contributed by atoms with E-state index >= 15 is 0 Å². The summed E-state index contributed by atoms with van der Waals surface area (Å²) in [5, 5.41) is 0. The van der Waals surface area contributed by atoms with Gasteiger partial charge in [0.1, 0.15) is 0 Å². The molecule has 0 bridgehead atoms. The van der Waals surface area contributed by atoms with Crippen LogP contribution in [0.15, 0.2) is 0 Å². The minimum Gasteiger partial charge on any atom is -0.385 e. The van der Waals surface area contributed by atoms with Gasteiger partial charge in [-0.05, 0) is 12.8 Å². The maximum atomic E-state index is 5.77. The van der Waals surface area contributed by atoms with E-state index in [1.54, 1.807) is 21.3 Å². The van der Waals surface area contributed by atoms with Crippen LogP contribution in [0.3, 0.4) is 0 Å². The zero-order valence-corrected chi connectivity index (χ0v) is 8.08. The summed E-state index contributed by atoms with van der Waals surface area (Å²) < 4.78 is 14.9. The highest BCUT2D eigenvalue weighted by atomic mass is 16.7. The van der Waals surface area contributed by atoms with E-state index < -0.39 is 0 Å². The lowest BCUT2D eigenvalue weighted by Crippen LogP contribution is -2.37. The highest BCUT2D eigenvalue weighted by Gasteiger charge is 2.15. The number of methoxy groups -OCH3 is 3. The zero-order chi connectivity index (χ0) is 9.40. The van der Waals surface area contributed by atoms with Crippen LogP contribution < -0.4 is 5.73 Å². The second-order valence-corrected chi connectivity index (χ2v) is 2.64. The van der Waals surface area contributed by atoms with Crippen LogP contribution in [0.1, 0.15) is 12.8 Å². The van der Waals surface area contributed by atoms with Crippen molar-refractivity contribution in [2.45, 2.75) is 25.2 Å². The zero-order valence-electron chi connectivity index (χ0n) is 8.08. The first kappa shape index (κ1) is 11.8. The molecule has 4 heteroatoms. The molecular formula is C8H19NO3. The van der Waals surface area contributed by atoms with Crippen molar-refractivity contribution in [3.05, 3.63) is 0 Å². The number of nitrogens with two attached hydrogens (primary N) is 1. The fourth-order valence-corrected chi connectivity index (χ4v) is 1.05. The molecule has 1 unspecified atom stereocenters. The van der Waals surface area contributed by atoms with Crippen LogP contribution in [0, 0.1) is 0 Å². The van der Waals surface area contributed by atoms with Crippen molar-refractivity contribution in [2.24, 2.45) is 5.73 Å². The van der Waals surface area contributed by atoms with Crippen LogP contribution >= 0.6 is 0 Å². The molecule has 1 atom stereocenters. The first-order chi connectivity index (χ1) is 5.76. The molecule has 0 aromatic rings. The maximum absolute atomic E-state index is 5.77. The summed E-state index contributed by atoms with van der Waals surface area (Å²) in [6.45, 7) is 0.730. The van der Waals surface area contributed by atoms with Gasteiger partial charge in [0, 0.05) is 27.9 Å². The van der Waals surface area contributed by atoms with Crippen LogP contribution in [-0.2, 0) is 14.2 Å². The summed E-state index contributed by atoms with van der Waals surface area (Å²) >= 11 is 0. The molecule has 2 N–H and O–H groups in total. The molecule has 0 rings (SSSR count). The number of hydrogen-bond acceptors (Lipinski definition) is 4. The first-order valence-electron chi connectivity index (χ1n) is 4.06. The summed E-state index contributed by atoms with van der Waals surface area (Å²) in [5.74, 6) is 0. The minimum absolute atomic E-state index is 0.0739. The van der Waals surface area contributed by atoms with Gasteiger partial charge in [-0.15, -0.1) is 0 Å². The van der Waals surface area contributed by atoms with E-state index in [0.717, 1.165) is 19.4 Å². The Balaban J connectivity index is 3.47. The van der Waals surface area contributed by atoms with Crippen molar-refractivity contribution >= 4 is 0 Å². The lowest BCUT2D eigenvalue weighted by Gasteiger charge is -2.20. The van der Waals surface area contributed by atoms with Gasteiger partial charge in [-0.3, -0.25) is 0 Å². The van der Waals surface area contributed by atoms with Gasteiger partial charge in [0.15, 0.2) is 6.29 Å². The number of rotatable bonds is 7. The Morgan fingerprint density at radius 1 is 1.17 bits per heavy atom. The van der Waals surface area contributed by atoms with Crippen LogP contribution in [0.25, 0.3) is 0 Å². The maximum Gasteiger partial charge on any atom is 0.171 e. The molecule has 0 saturated heterocycles. The molecule has 12 heavy (non-hydrogen) atoms. The van der Waals surface area contributed by atoms with Crippen molar-refractivity contribution in [2.75, 3.05) is 27.9 Å². The van der Waals surface area contributed by atoms with E-state index in [-0.39, 0.29) is 12.3 Å². The molecule has 0 saturated carbocycles. The third-order valence-electron chi connectivity index (χ3n) is 1.70. The third kappa shape index (κ3) is 4.66. The van der Waals surface area contributed by atoms with E-state index in [9.17, 15) is 0 Å². The van der Waals surface area contributed by atoms with Gasteiger partial charge < -0.3 is 19.9 Å². The van der Waals surface area contributed by atoms with Crippen molar-refractivity contribution in [1.82, 2.24) is 0 Å². The van der Waals surface area contributed by atoms with Crippen molar-refractivity contribution in [1.29, 1.82) is 0 Å². The highest BCUT2D eigenvalue weighted by molar-refractivity contribution is 4.64. The number of ether oxygens (including phenoxy) is 3. The van der Waals surface area contributed by atoms with E-state index in [1.165, 1.54) is 0 Å². The standard InChI is InChI=1S/C8H19NO3/c1-10-6-4-5-7(9)8(11-2)12-3/h7-8H,4-6,9H2,1-3H3. The SMILES string of the molecule is COCCCC(N)C(OC)OC. The van der Waals surface area contributed by atoms with Gasteiger partial charge in [-0.1, -0.05) is 0 Å². The predicted molar refractivity (Wildman–Crippen MR) is 46.9 cm³/mol. The fraction of sp³-hybridized carbons (Fsp3) is 1.00. The van der Waals surface area contributed by atoms with Gasteiger partial charge in [0.05, 0.1) is 6.04 Å². The Morgan fingerprint density at radius 3 is 2.17 bits per heavy atom. The molecule has 0 fully saturated rings. The largest absolute Gasteiger partial charge is 0.385 e. The molecule has 0 aromatic carbocycles. The number of hydrogen-bond donors (Lipinski definition) is 1. The summed E-state index contributed by atoms with van der Waals surface area (Å²) in [4.78, 5) is 0. The van der Waals surface area contributed by atoms with Crippen molar-refractivity contribution in [3.63, 3.8) is 0 Å². The molecule has 74 valence electrons. The Bertz CT molecular complexity index is 96.3. The lowest BCUT2D eigenvalue weighted by molar-refractivity contribution is -0.117. The first-order valence-corrected chi connectivity index (χ1v) is 4.06. The van der Waals surface area contributed by atoms with Crippen LogP contribution in [0.5, 0.6) is 0 Å². The molecule has 0 heterocycles. The molecule has 0 spiro atoms. The van der Waals surface area contributed by atoms with Crippen LogP contribution in [0.2, 0.25) is 0 Å². The van der Waals surface area contributed by atoms with E-state index in [2.05, 4.69) is 0 Å². The summed E-state index contributed by atoms with van der Waals surface area (Å²) in [5.41, 5.74) is 5.77. The highest BCUT2D eigenvalue weighted by Crippen LogP contribution is 2.03. The summed E-state index contributed by atoms with van der Waals surface area (Å²) in [6, 6.07) is -0.0739. The molecule has 0 aromatic heterocycles. The average Bonchev–Trinajstić information content (AvgIpc) is 2.07. The molecule has 4 nitrogen and oxygen atoms in total. The molecular weight excluding hydrogens is 158 g/mol. The van der Waals surface area contributed by atoms with Gasteiger partial charge in [-0.2, -0.15) is 0 Å². The van der Waals surface area contributed by atoms with Gasteiger partial charge in [-0.25, -0.2) is 0 Å². The molecule has 0 aliphatic carbocycles. The molecule has 0 aliphatic heterocycles. The third-order valence-corrected chi connectivity index (χ3v) is 1.70. The summed E-state index contributed by atoms with van der Waals surface area (Å²) in [7, 11) is 4.85. The van der Waals surface area contributed by atoms with E-state index in [1.807, 2.05) is 0 Å². The Morgan fingerprint density at radius 2 is 1.75 bits per heavy atom. The Kier molecular flexibility index (Phi) is 7.39. The molecule has 0 aliphatic rings. The van der Waals surface area contributed by atoms with Crippen LogP contribution in [-0.4, -0.2) is 40.3 Å². The second-order valence-electron chi connectivity index (χ2n) is 2.64. The predicted octanol–water partition coefficient (Wildman–Crippen LogP) is 0.359. The van der Waals surface area contributed by atoms with Gasteiger partial charge in [0.25, 0.3) is 0 Å². The van der Waals surface area contributed by atoms with Crippen molar-refractivity contribution in [3.8, 4) is 0 Å². The van der Waals surface area contributed by atoms with Gasteiger partial charge in [0.2, 0.25) is 0 Å². The lowest BCUT2D eigenvalue weighted by atomic mass is 10.1. The van der Waals surface area contributed by atoms with E-state index in [0.29, 0.717) is 0 Å². The Labute approximate surface area is 74.0 Å². The minimum atomic E-state index is -0.304. The monoisotopic (exact) mass is 177 g/mol. The smallest absolute Gasteiger partial charge is 0.171 e. The fourth-order valence-electron chi connectivity index (χ4n) is 1.05. The normalized spacial score (nSPS) is 13.8. The van der Waals surface area contributed by atoms with E-state index in [4.69, 9.17) is 19.9 Å².